The van der Waals surface area contributed by atoms with E-state index in [0.29, 0.717) is 12.1 Å². The van der Waals surface area contributed by atoms with Crippen LogP contribution in [0.1, 0.15) is 34.7 Å². The van der Waals surface area contributed by atoms with E-state index in [4.69, 9.17) is 0 Å². The monoisotopic (exact) mass is 715 g/mol. The fourth-order valence-corrected chi connectivity index (χ4v) is 9.67. The molecule has 0 aliphatic carbocycles. The normalized spacial score (nSPS) is 20.3. The van der Waals surface area contributed by atoms with Crippen molar-refractivity contribution in [3.63, 3.8) is 0 Å². The summed E-state index contributed by atoms with van der Waals surface area (Å²) in [5.74, 6) is -2.58. The Hall–Kier alpha value is -3.01. The first-order chi connectivity index (χ1) is 20.7. The number of carbonyl (C=O) groups excluding carboxylic acids is 2. The Morgan fingerprint density at radius 1 is 1.16 bits per heavy atom. The van der Waals surface area contributed by atoms with Crippen molar-refractivity contribution in [2.75, 3.05) is 6.26 Å². The lowest BCUT2D eigenvalue weighted by Crippen LogP contribution is -3.00. The molecule has 230 valence electrons. The average Bonchev–Trinajstić information content (AvgIpc) is 3.73. The number of hydrogen-bond acceptors (Lipinski definition) is 8. The van der Waals surface area contributed by atoms with Gasteiger partial charge in [0.25, 0.3) is 6.33 Å². The highest BCUT2D eigenvalue weighted by Gasteiger charge is 2.59. The predicted molar refractivity (Wildman–Crippen MR) is 160 cm³/mol. The topological polar surface area (TPSA) is 117 Å². The Balaban J connectivity index is 0.00000343. The largest absolute Gasteiger partial charge is 1.00 e. The number of carbonyl (C=O) groups is 2. The maximum Gasteiger partial charge on any atom is 0.250 e. The van der Waals surface area contributed by atoms with Gasteiger partial charge in [-0.2, -0.15) is 8.80 Å². The number of imidazole rings is 2. The molecule has 0 spiro atoms. The molecule has 6 heterocycles. The van der Waals surface area contributed by atoms with Crippen molar-refractivity contribution in [3.05, 3.63) is 82.1 Å². The summed E-state index contributed by atoms with van der Waals surface area (Å²) in [6.45, 7) is 4.95. The van der Waals surface area contributed by atoms with Crippen molar-refractivity contribution >= 4 is 61.5 Å². The molecular formula is C30H30BrN5O5S3. The van der Waals surface area contributed by atoms with Crippen molar-refractivity contribution in [1.29, 1.82) is 0 Å². The molecule has 4 aromatic heterocycles. The number of fused-ring (bicyclic) bond motifs is 3. The minimum atomic E-state index is -1.37. The summed E-state index contributed by atoms with van der Waals surface area (Å²) in [6.07, 6.45) is 11.2. The van der Waals surface area contributed by atoms with Crippen molar-refractivity contribution < 1.29 is 51.0 Å². The molecule has 1 fully saturated rings. The fraction of sp³-hybridized carbons (Fsp3) is 0.333. The lowest BCUT2D eigenvalue weighted by molar-refractivity contribution is -0.721. The Labute approximate surface area is 275 Å². The number of hydrogen-bond donors (Lipinski definition) is 2. The highest BCUT2D eigenvalue weighted by molar-refractivity contribution is 7.98. The first-order valence-corrected chi connectivity index (χ1v) is 16.8. The number of carboxylic acid groups (broad SMARTS) is 1. The van der Waals surface area contributed by atoms with Gasteiger partial charge in [-0.15, -0.1) is 0 Å². The Kier molecular flexibility index (Phi) is 8.26. The molecule has 2 aliphatic rings. The Morgan fingerprint density at radius 3 is 2.57 bits per heavy atom. The minimum Gasteiger partial charge on any atom is -1.00 e. The summed E-state index contributed by atoms with van der Waals surface area (Å²) >= 11 is 4.72. The molecule has 0 unspecified atom stereocenters. The van der Waals surface area contributed by atoms with E-state index in [9.17, 15) is 24.9 Å². The number of amides is 1. The van der Waals surface area contributed by atoms with Gasteiger partial charge in [-0.05, 0) is 30.4 Å². The van der Waals surface area contributed by atoms with E-state index < -0.39 is 18.0 Å². The van der Waals surface area contributed by atoms with Crippen molar-refractivity contribution in [3.8, 4) is 0 Å². The van der Waals surface area contributed by atoms with E-state index in [1.165, 1.54) is 27.4 Å². The molecule has 0 bridgehead atoms. The van der Waals surface area contributed by atoms with Gasteiger partial charge >= 0.3 is 0 Å². The molecule has 0 saturated carbocycles. The molecule has 10 nitrogen and oxygen atoms in total. The zero-order valence-corrected chi connectivity index (χ0v) is 28.1. The van der Waals surface area contributed by atoms with Crippen molar-refractivity contribution in [1.82, 2.24) is 13.7 Å². The van der Waals surface area contributed by atoms with Gasteiger partial charge in [-0.25, -0.2) is 9.13 Å². The fourth-order valence-electron chi connectivity index (χ4n) is 6.60. The van der Waals surface area contributed by atoms with Crippen molar-refractivity contribution in [2.45, 2.75) is 50.7 Å². The van der Waals surface area contributed by atoms with Crippen LogP contribution in [-0.2, 0) is 29.3 Å². The number of rotatable bonds is 9. The smallest absolute Gasteiger partial charge is 0.250 e. The van der Waals surface area contributed by atoms with E-state index >= 15 is 0 Å². The summed E-state index contributed by atoms with van der Waals surface area (Å²) in [6, 6.07) is 8.14. The van der Waals surface area contributed by atoms with E-state index in [2.05, 4.69) is 39.6 Å². The molecule has 14 heteroatoms. The van der Waals surface area contributed by atoms with Gasteiger partial charge in [0, 0.05) is 11.5 Å². The third-order valence-electron chi connectivity index (χ3n) is 8.42. The van der Waals surface area contributed by atoms with E-state index in [1.807, 2.05) is 47.0 Å². The average molecular weight is 717 g/mol. The molecule has 2 aliphatic heterocycles. The predicted octanol–water partition coefficient (Wildman–Crippen LogP) is -1.48. The molecule has 1 aromatic carbocycles. The Morgan fingerprint density at radius 2 is 1.91 bits per heavy atom. The van der Waals surface area contributed by atoms with Gasteiger partial charge in [0.2, 0.25) is 26.9 Å². The molecule has 7 rings (SSSR count). The molecule has 1 amide bonds. The van der Waals surface area contributed by atoms with Gasteiger partial charge in [0.1, 0.15) is 31.7 Å². The SMILES string of the molecule is CSc1c2sc(C3=C(C(=O)[O-])N4C(=O)[C@H]([C@@H](C)O)[C@H]4[C@H]3C)cn2c[n+]1Cc1cccc(C[n+]2cc3sc(CO)cn3c2)c1.[Br-]. The van der Waals surface area contributed by atoms with Crippen LogP contribution in [0.2, 0.25) is 0 Å². The summed E-state index contributed by atoms with van der Waals surface area (Å²) in [5.41, 5.74) is 2.87. The molecule has 1 saturated heterocycles. The second-order valence-electron chi connectivity index (χ2n) is 11.2. The van der Waals surface area contributed by atoms with Gasteiger partial charge in [-0.3, -0.25) is 4.79 Å². The molecule has 5 aromatic rings. The van der Waals surface area contributed by atoms with Crippen LogP contribution in [0.15, 0.2) is 66.2 Å². The molecule has 0 radical (unpaired) electrons. The number of aliphatic hydroxyl groups excluding tert-OH is 2. The number of β-lactam (4-membered cyclic amide) rings is 1. The minimum absolute atomic E-state index is 0. The van der Waals surface area contributed by atoms with Crippen LogP contribution in [0.25, 0.3) is 15.2 Å². The van der Waals surface area contributed by atoms with Crippen LogP contribution in [0, 0.1) is 11.8 Å². The zero-order chi connectivity index (χ0) is 30.2. The highest BCUT2D eigenvalue weighted by atomic mass is 79.9. The van der Waals surface area contributed by atoms with Crippen LogP contribution >= 0.6 is 34.4 Å². The Bertz CT molecular complexity index is 1920. The number of thioether (sulfide) groups is 1. The number of thiazole rings is 2. The maximum absolute atomic E-state index is 12.8. The third-order valence-corrected chi connectivity index (χ3v) is 11.5. The molecule has 44 heavy (non-hydrogen) atoms. The number of benzene rings is 1. The first kappa shape index (κ1) is 31.0. The summed E-state index contributed by atoms with van der Waals surface area (Å²) in [5, 5.41) is 32.8. The number of carboxylic acids is 1. The van der Waals surface area contributed by atoms with Crippen LogP contribution in [0.4, 0.5) is 0 Å². The molecule has 2 N–H and O–H groups in total. The van der Waals surface area contributed by atoms with Crippen molar-refractivity contribution in [2.24, 2.45) is 11.8 Å². The molecule has 4 atom stereocenters. The maximum atomic E-state index is 12.8. The number of nitrogens with zero attached hydrogens (tertiary/aromatic N) is 5. The third kappa shape index (κ3) is 4.92. The zero-order valence-electron chi connectivity index (χ0n) is 24.1. The number of halogens is 1. The van der Waals surface area contributed by atoms with E-state index in [0.717, 1.165) is 31.0 Å². The lowest BCUT2D eigenvalue weighted by Gasteiger charge is -2.47. The van der Waals surface area contributed by atoms with Crippen LogP contribution in [0.5, 0.6) is 0 Å². The number of aliphatic hydroxyl groups is 2. The summed E-state index contributed by atoms with van der Waals surface area (Å²) < 4.78 is 8.40. The van der Waals surface area contributed by atoms with Crippen LogP contribution in [0.3, 0.4) is 0 Å². The van der Waals surface area contributed by atoms with Crippen LogP contribution in [-0.4, -0.2) is 54.2 Å². The van der Waals surface area contributed by atoms with Crippen LogP contribution < -0.4 is 31.2 Å². The van der Waals surface area contributed by atoms with E-state index in [-0.39, 0.29) is 47.2 Å². The second kappa shape index (κ2) is 11.7. The standard InChI is InChI=1S/C30H30N5O5S3.BrH/c1-16-23(26(30(39)40)35-25(16)24(17(2)37)27(35)38)21-11-34-15-33(28(41-3)29(34)43-21)9-19-6-4-5-18(7-19)8-31-12-22-32(14-31)10-20(13-36)42-22;/h4-7,10-12,14-17,24-25,36-37H,8-9,13H2,1-3H3;1H/q+1;/p-1/t16-,17+,24+,25+;/m0./s1. The summed E-state index contributed by atoms with van der Waals surface area (Å²) in [4.78, 5) is 30.1. The van der Waals surface area contributed by atoms with Gasteiger partial charge in [0.15, 0.2) is 0 Å². The van der Waals surface area contributed by atoms with Gasteiger partial charge < -0.3 is 42.0 Å². The van der Waals surface area contributed by atoms with Gasteiger partial charge in [-0.1, -0.05) is 59.6 Å². The lowest BCUT2D eigenvalue weighted by atomic mass is 9.77. The summed E-state index contributed by atoms with van der Waals surface area (Å²) in [7, 11) is 0. The molecular weight excluding hydrogens is 686 g/mol. The van der Waals surface area contributed by atoms with E-state index in [1.54, 1.807) is 30.0 Å². The second-order valence-corrected chi connectivity index (χ2v) is 14.2. The number of aromatic nitrogens is 4. The number of aliphatic carboxylic acids is 1. The first-order valence-electron chi connectivity index (χ1n) is 13.9. The highest BCUT2D eigenvalue weighted by Crippen LogP contribution is 2.51. The van der Waals surface area contributed by atoms with Gasteiger partial charge in [0.05, 0.1) is 46.1 Å². The quantitative estimate of drug-likeness (QED) is 0.109.